The van der Waals surface area contributed by atoms with E-state index < -0.39 is 11.5 Å². The van der Waals surface area contributed by atoms with Gasteiger partial charge in [0.15, 0.2) is 0 Å². The van der Waals surface area contributed by atoms with Crippen LogP contribution in [0.5, 0.6) is 0 Å². The van der Waals surface area contributed by atoms with Gasteiger partial charge in [0, 0.05) is 26.1 Å². The number of nitrogens with one attached hydrogen (secondary N) is 1. The fourth-order valence-corrected chi connectivity index (χ4v) is 13.3. The Morgan fingerprint density at radius 2 is 1.41 bits per heavy atom. The molecule has 0 bridgehead atoms. The van der Waals surface area contributed by atoms with Crippen LogP contribution in [0.15, 0.2) is 115 Å². The highest BCUT2D eigenvalue weighted by Crippen LogP contribution is 2.67. The quantitative estimate of drug-likeness (QED) is 0.115. The largest absolute Gasteiger partial charge is 0.446 e. The first-order valence-electron chi connectivity index (χ1n) is 24.6. The molecule has 0 spiro atoms. The third kappa shape index (κ3) is 9.36. The highest BCUT2D eigenvalue weighted by molar-refractivity contribution is 5.79. The molecular weight excluding hydrogens is 777 g/mol. The van der Waals surface area contributed by atoms with Gasteiger partial charge in [0.25, 0.3) is 0 Å². The Bertz CT molecular complexity index is 1930. The van der Waals surface area contributed by atoms with Gasteiger partial charge in [-0.05, 0) is 134 Å². The number of hydrogen-bond donors (Lipinski definition) is 1. The van der Waals surface area contributed by atoms with Gasteiger partial charge in [-0.1, -0.05) is 156 Å². The number of carbonyl (C=O) groups excluding carboxylic acids is 2. The van der Waals surface area contributed by atoms with E-state index in [9.17, 15) is 9.59 Å². The molecular formula is C57H78N2O4. The summed E-state index contributed by atoms with van der Waals surface area (Å²) >= 11 is 0. The topological polar surface area (TPSA) is 67.9 Å². The van der Waals surface area contributed by atoms with E-state index in [-0.39, 0.29) is 42.7 Å². The molecule has 2 amide bonds. The summed E-state index contributed by atoms with van der Waals surface area (Å²) in [7, 11) is 1.65. The van der Waals surface area contributed by atoms with Crippen molar-refractivity contribution in [1.29, 1.82) is 0 Å². The molecule has 0 aromatic heterocycles. The van der Waals surface area contributed by atoms with Crippen LogP contribution >= 0.6 is 0 Å². The van der Waals surface area contributed by atoms with Crippen LogP contribution in [0.1, 0.15) is 130 Å². The molecule has 7 rings (SSSR count). The second-order valence-electron chi connectivity index (χ2n) is 20.9. The lowest BCUT2D eigenvalue weighted by Gasteiger charge is -2.58. The summed E-state index contributed by atoms with van der Waals surface area (Å²) in [6.45, 7) is 19.0. The number of ether oxygens (including phenoxy) is 2. The van der Waals surface area contributed by atoms with E-state index in [1.807, 2.05) is 68.4 Å². The van der Waals surface area contributed by atoms with E-state index in [1.165, 1.54) is 37.7 Å². The van der Waals surface area contributed by atoms with Crippen LogP contribution in [0.3, 0.4) is 0 Å². The molecule has 63 heavy (non-hydrogen) atoms. The first kappa shape index (κ1) is 46.8. The first-order valence-corrected chi connectivity index (χ1v) is 24.6. The number of carbonyl (C=O) groups is 2. The average Bonchev–Trinajstić information content (AvgIpc) is 3.65. The van der Waals surface area contributed by atoms with Gasteiger partial charge in [0.05, 0.1) is 12.5 Å². The van der Waals surface area contributed by atoms with Crippen molar-refractivity contribution in [3.63, 3.8) is 0 Å². The molecule has 4 aliphatic rings. The van der Waals surface area contributed by atoms with Crippen LogP contribution in [-0.4, -0.2) is 49.2 Å². The van der Waals surface area contributed by atoms with Crippen molar-refractivity contribution in [2.75, 3.05) is 20.2 Å². The molecule has 0 aliphatic heterocycles. The number of fused-ring (bicyclic) bond motifs is 5. The van der Waals surface area contributed by atoms with E-state index in [0.717, 1.165) is 60.1 Å². The van der Waals surface area contributed by atoms with Crippen molar-refractivity contribution in [2.24, 2.45) is 58.2 Å². The Morgan fingerprint density at radius 3 is 1.95 bits per heavy atom. The number of nitrogens with zero attached hydrogens (tertiary/aromatic N) is 1. The van der Waals surface area contributed by atoms with Crippen LogP contribution in [0.25, 0.3) is 0 Å². The zero-order chi connectivity index (χ0) is 44.9. The molecule has 340 valence electrons. The summed E-state index contributed by atoms with van der Waals surface area (Å²) < 4.78 is 13.6. The lowest BCUT2D eigenvalue weighted by atomic mass is 9.47. The molecule has 3 saturated carbocycles. The predicted octanol–water partition coefficient (Wildman–Crippen LogP) is 13.0. The van der Waals surface area contributed by atoms with E-state index in [0.29, 0.717) is 29.1 Å². The van der Waals surface area contributed by atoms with Gasteiger partial charge in [-0.25, -0.2) is 4.79 Å². The van der Waals surface area contributed by atoms with Crippen LogP contribution in [-0.2, 0) is 19.9 Å². The smallest absolute Gasteiger partial charge is 0.410 e. The number of benzene rings is 3. The van der Waals surface area contributed by atoms with Crippen molar-refractivity contribution in [3.8, 4) is 0 Å². The maximum atomic E-state index is 14.3. The van der Waals surface area contributed by atoms with Crippen molar-refractivity contribution < 1.29 is 19.1 Å². The van der Waals surface area contributed by atoms with E-state index >= 15 is 0 Å². The molecule has 3 aromatic carbocycles. The molecule has 6 nitrogen and oxygen atoms in total. The van der Waals surface area contributed by atoms with Crippen molar-refractivity contribution in [1.82, 2.24) is 10.2 Å². The highest BCUT2D eigenvalue weighted by Gasteiger charge is 2.59. The summed E-state index contributed by atoms with van der Waals surface area (Å²) in [5.74, 6) is 4.13. The van der Waals surface area contributed by atoms with Crippen molar-refractivity contribution in [3.05, 3.63) is 131 Å². The van der Waals surface area contributed by atoms with Crippen LogP contribution in [0, 0.1) is 58.2 Å². The molecule has 1 N–H and O–H groups in total. The van der Waals surface area contributed by atoms with Crippen molar-refractivity contribution >= 4 is 12.0 Å². The maximum Gasteiger partial charge on any atom is 0.410 e. The summed E-state index contributed by atoms with van der Waals surface area (Å²) in [6, 6.07) is 30.4. The van der Waals surface area contributed by atoms with E-state index in [2.05, 4.69) is 101 Å². The molecule has 0 saturated heterocycles. The third-order valence-corrected chi connectivity index (χ3v) is 17.0. The Hall–Kier alpha value is -4.16. The Labute approximate surface area is 380 Å². The third-order valence-electron chi connectivity index (χ3n) is 17.0. The Morgan fingerprint density at radius 1 is 0.810 bits per heavy atom. The minimum absolute atomic E-state index is 0.0833. The second kappa shape index (κ2) is 19.9. The van der Waals surface area contributed by atoms with Crippen LogP contribution in [0.2, 0.25) is 0 Å². The molecule has 3 aromatic rings. The average molecular weight is 855 g/mol. The van der Waals surface area contributed by atoms with Gasteiger partial charge in [0.2, 0.25) is 5.91 Å². The lowest BCUT2D eigenvalue weighted by Crippen LogP contribution is -2.51. The summed E-state index contributed by atoms with van der Waals surface area (Å²) in [4.78, 5) is 29.8. The first-order chi connectivity index (χ1) is 30.3. The number of hydrogen-bond acceptors (Lipinski definition) is 4. The van der Waals surface area contributed by atoms with E-state index in [4.69, 9.17) is 9.47 Å². The fraction of sp³-hybridized carbons (Fsp3) is 0.579. The standard InChI is InChI=1S/C57H78N2O4/c1-10-42(39(2)3)27-26-41(6)50-30-31-51-49-29-28-47-36-48(32-34-55(47,7)52(49)33-35-56(50,51)8)63-54(61)59(40(4)5)37-43(53(60)58-9)38-62-57(44-20-14-11-15-21-44,45-22-16-12-17-23-45)46-24-18-13-19-25-46/h11-28,39-43,48-52H,10,29-38H2,1-9H3,(H,58,60)/b27-26+/t41-,42-,43?,48+,49+,50-,51+,52+,55+,56-/m1/s1. The van der Waals surface area contributed by atoms with Crippen LogP contribution < -0.4 is 5.32 Å². The lowest BCUT2D eigenvalue weighted by molar-refractivity contribution is -0.129. The molecule has 3 fully saturated rings. The minimum Gasteiger partial charge on any atom is -0.446 e. The zero-order valence-corrected chi connectivity index (χ0v) is 40.0. The second-order valence-corrected chi connectivity index (χ2v) is 20.9. The minimum atomic E-state index is -0.988. The normalized spacial score (nSPS) is 28.4. The van der Waals surface area contributed by atoms with Gasteiger partial charge < -0.3 is 19.7 Å². The Kier molecular flexibility index (Phi) is 14.8. The summed E-state index contributed by atoms with van der Waals surface area (Å²) in [6.07, 6.45) is 17.6. The SMILES string of the molecule is CC[C@H](/C=C/[C@@H](C)[C@H]1CC[C@H]2[C@@H]3CC=C4C[C@@H](OC(=O)N(CC(COC(c5ccccc5)(c5ccccc5)c5ccccc5)C(=O)NC)C(C)C)CC[C@]4(C)[C@H]3CC[C@]12C)C(C)C. The summed E-state index contributed by atoms with van der Waals surface area (Å²) in [5, 5.41) is 2.87. The van der Waals surface area contributed by atoms with E-state index in [1.54, 1.807) is 11.9 Å². The zero-order valence-electron chi connectivity index (χ0n) is 40.0. The maximum absolute atomic E-state index is 14.3. The number of amides is 2. The molecule has 0 heterocycles. The predicted molar refractivity (Wildman–Crippen MR) is 257 cm³/mol. The molecule has 1 unspecified atom stereocenters. The van der Waals surface area contributed by atoms with Gasteiger partial charge in [0.1, 0.15) is 11.7 Å². The molecule has 0 radical (unpaired) electrons. The molecule has 10 atom stereocenters. The number of allylic oxidation sites excluding steroid dienone is 3. The summed E-state index contributed by atoms with van der Waals surface area (Å²) in [5.41, 5.74) is 3.97. The molecule has 4 aliphatic carbocycles. The van der Waals surface area contributed by atoms with Gasteiger partial charge >= 0.3 is 6.09 Å². The fourth-order valence-electron chi connectivity index (χ4n) is 13.3. The Balaban J connectivity index is 1.04. The van der Waals surface area contributed by atoms with Gasteiger partial charge in [-0.15, -0.1) is 0 Å². The number of rotatable bonds is 16. The van der Waals surface area contributed by atoms with Gasteiger partial charge in [-0.2, -0.15) is 0 Å². The molecule has 6 heteroatoms. The van der Waals surface area contributed by atoms with Crippen molar-refractivity contribution in [2.45, 2.75) is 131 Å². The monoisotopic (exact) mass is 855 g/mol. The highest BCUT2D eigenvalue weighted by atomic mass is 16.6. The van der Waals surface area contributed by atoms with Crippen LogP contribution in [0.4, 0.5) is 4.79 Å². The van der Waals surface area contributed by atoms with Gasteiger partial charge in [-0.3, -0.25) is 4.79 Å².